The molecular formula is C14H20ClNO. The van der Waals surface area contributed by atoms with E-state index in [1.54, 1.807) is 0 Å². The second-order valence-corrected chi connectivity index (χ2v) is 5.57. The molecule has 2 unspecified atom stereocenters. The molecule has 0 aliphatic carbocycles. The SMILES string of the molecule is CC(O)(CC1CCCCN1)c1ccc(Cl)cc1. The molecule has 0 radical (unpaired) electrons. The van der Waals surface area contributed by atoms with Gasteiger partial charge in [-0.3, -0.25) is 0 Å². The molecule has 3 heteroatoms. The summed E-state index contributed by atoms with van der Waals surface area (Å²) in [5.41, 5.74) is 0.161. The molecule has 1 aromatic carbocycles. The summed E-state index contributed by atoms with van der Waals surface area (Å²) in [6.07, 6.45) is 4.42. The molecule has 1 heterocycles. The second kappa shape index (κ2) is 5.38. The van der Waals surface area contributed by atoms with Crippen LogP contribution in [0.25, 0.3) is 0 Å². The third-order valence-corrected chi connectivity index (χ3v) is 3.77. The van der Waals surface area contributed by atoms with E-state index in [0.29, 0.717) is 11.1 Å². The number of aliphatic hydroxyl groups is 1. The molecule has 0 saturated carbocycles. The Balaban J connectivity index is 2.04. The Morgan fingerprint density at radius 1 is 1.35 bits per heavy atom. The summed E-state index contributed by atoms with van der Waals surface area (Å²) < 4.78 is 0. The molecule has 0 amide bonds. The van der Waals surface area contributed by atoms with Crippen molar-refractivity contribution < 1.29 is 5.11 Å². The van der Waals surface area contributed by atoms with Crippen LogP contribution in [-0.2, 0) is 5.60 Å². The first kappa shape index (κ1) is 12.9. The number of piperidine rings is 1. The van der Waals surface area contributed by atoms with E-state index in [1.165, 1.54) is 12.8 Å². The zero-order chi connectivity index (χ0) is 12.3. The van der Waals surface area contributed by atoms with Crippen LogP contribution >= 0.6 is 11.6 Å². The minimum absolute atomic E-state index is 0.425. The number of hydrogen-bond donors (Lipinski definition) is 2. The maximum Gasteiger partial charge on any atom is 0.0883 e. The van der Waals surface area contributed by atoms with E-state index in [-0.39, 0.29) is 0 Å². The van der Waals surface area contributed by atoms with E-state index in [2.05, 4.69) is 5.32 Å². The third-order valence-electron chi connectivity index (χ3n) is 3.52. The van der Waals surface area contributed by atoms with Crippen LogP contribution in [0.15, 0.2) is 24.3 Å². The van der Waals surface area contributed by atoms with Crippen LogP contribution in [0.3, 0.4) is 0 Å². The molecule has 2 nitrogen and oxygen atoms in total. The van der Waals surface area contributed by atoms with Crippen molar-refractivity contribution >= 4 is 11.6 Å². The number of rotatable bonds is 3. The van der Waals surface area contributed by atoms with Crippen LogP contribution in [0.2, 0.25) is 5.02 Å². The van der Waals surface area contributed by atoms with Crippen molar-refractivity contribution in [2.45, 2.75) is 44.2 Å². The van der Waals surface area contributed by atoms with Gasteiger partial charge in [-0.2, -0.15) is 0 Å². The summed E-state index contributed by atoms with van der Waals surface area (Å²) in [5, 5.41) is 14.7. The lowest BCUT2D eigenvalue weighted by Crippen LogP contribution is -2.39. The minimum Gasteiger partial charge on any atom is -0.385 e. The monoisotopic (exact) mass is 253 g/mol. The van der Waals surface area contributed by atoms with Gasteiger partial charge in [0.15, 0.2) is 0 Å². The van der Waals surface area contributed by atoms with Gasteiger partial charge in [0.1, 0.15) is 0 Å². The summed E-state index contributed by atoms with van der Waals surface area (Å²) in [6.45, 7) is 2.95. The van der Waals surface area contributed by atoms with E-state index in [9.17, 15) is 5.11 Å². The fourth-order valence-electron chi connectivity index (χ4n) is 2.50. The summed E-state index contributed by atoms with van der Waals surface area (Å²) >= 11 is 5.86. The summed E-state index contributed by atoms with van der Waals surface area (Å²) in [4.78, 5) is 0. The van der Waals surface area contributed by atoms with Crippen LogP contribution in [0.4, 0.5) is 0 Å². The highest BCUT2D eigenvalue weighted by Gasteiger charge is 2.28. The van der Waals surface area contributed by atoms with Crippen molar-refractivity contribution in [1.29, 1.82) is 0 Å². The van der Waals surface area contributed by atoms with Gasteiger partial charge >= 0.3 is 0 Å². The van der Waals surface area contributed by atoms with Crippen molar-refractivity contribution in [3.05, 3.63) is 34.9 Å². The van der Waals surface area contributed by atoms with Crippen LogP contribution in [0.1, 0.15) is 38.2 Å². The molecule has 1 fully saturated rings. The highest BCUT2D eigenvalue weighted by molar-refractivity contribution is 6.30. The standard InChI is InChI=1S/C14H20ClNO/c1-14(17,10-13-4-2-3-9-16-13)11-5-7-12(15)8-6-11/h5-8,13,16-17H,2-4,9-10H2,1H3. The fraction of sp³-hybridized carbons (Fsp3) is 0.571. The number of benzene rings is 1. The van der Waals surface area contributed by atoms with Crippen molar-refractivity contribution in [1.82, 2.24) is 5.32 Å². The number of hydrogen-bond acceptors (Lipinski definition) is 2. The minimum atomic E-state index is -0.778. The van der Waals surface area contributed by atoms with Crippen molar-refractivity contribution in [3.8, 4) is 0 Å². The summed E-state index contributed by atoms with van der Waals surface area (Å²) in [7, 11) is 0. The van der Waals surface area contributed by atoms with Crippen molar-refractivity contribution in [2.75, 3.05) is 6.54 Å². The molecule has 0 spiro atoms. The molecule has 2 rings (SSSR count). The predicted molar refractivity (Wildman–Crippen MR) is 71.3 cm³/mol. The maximum atomic E-state index is 10.5. The van der Waals surface area contributed by atoms with Crippen LogP contribution in [-0.4, -0.2) is 17.7 Å². The quantitative estimate of drug-likeness (QED) is 0.868. The Kier molecular flexibility index (Phi) is 4.08. The third kappa shape index (κ3) is 3.44. The number of nitrogens with one attached hydrogen (secondary N) is 1. The van der Waals surface area contributed by atoms with Gasteiger partial charge in [0, 0.05) is 11.1 Å². The van der Waals surface area contributed by atoms with Crippen molar-refractivity contribution in [2.24, 2.45) is 0 Å². The Hall–Kier alpha value is -0.570. The predicted octanol–water partition coefficient (Wildman–Crippen LogP) is 3.08. The Labute approximate surface area is 108 Å². The normalized spacial score (nSPS) is 24.3. The molecule has 0 bridgehead atoms. The Morgan fingerprint density at radius 3 is 2.65 bits per heavy atom. The first-order chi connectivity index (χ1) is 8.08. The summed E-state index contributed by atoms with van der Waals surface area (Å²) in [6, 6.07) is 7.91. The topological polar surface area (TPSA) is 32.3 Å². The molecule has 2 N–H and O–H groups in total. The molecule has 1 aliphatic heterocycles. The highest BCUT2D eigenvalue weighted by Crippen LogP contribution is 2.29. The average Bonchev–Trinajstić information content (AvgIpc) is 2.30. The van der Waals surface area contributed by atoms with Gasteiger partial charge in [-0.25, -0.2) is 0 Å². The lowest BCUT2D eigenvalue weighted by molar-refractivity contribution is 0.0332. The molecule has 17 heavy (non-hydrogen) atoms. The van der Waals surface area contributed by atoms with Gasteiger partial charge in [-0.1, -0.05) is 30.2 Å². The lowest BCUT2D eigenvalue weighted by Gasteiger charge is -2.32. The maximum absolute atomic E-state index is 10.5. The zero-order valence-corrected chi connectivity index (χ0v) is 11.0. The van der Waals surface area contributed by atoms with Crippen LogP contribution < -0.4 is 5.32 Å². The van der Waals surface area contributed by atoms with Crippen LogP contribution in [0.5, 0.6) is 0 Å². The van der Waals surface area contributed by atoms with Crippen LogP contribution in [0, 0.1) is 0 Å². The van der Waals surface area contributed by atoms with Gasteiger partial charge in [0.25, 0.3) is 0 Å². The molecule has 1 aromatic rings. The van der Waals surface area contributed by atoms with E-state index in [1.807, 2.05) is 31.2 Å². The van der Waals surface area contributed by atoms with E-state index in [4.69, 9.17) is 11.6 Å². The second-order valence-electron chi connectivity index (χ2n) is 5.13. The van der Waals surface area contributed by atoms with Gasteiger partial charge in [0.05, 0.1) is 5.60 Å². The van der Waals surface area contributed by atoms with Gasteiger partial charge < -0.3 is 10.4 Å². The smallest absolute Gasteiger partial charge is 0.0883 e. The van der Waals surface area contributed by atoms with E-state index < -0.39 is 5.60 Å². The molecule has 1 aliphatic rings. The molecular weight excluding hydrogens is 234 g/mol. The van der Waals surface area contributed by atoms with Gasteiger partial charge in [-0.05, 0) is 50.4 Å². The lowest BCUT2D eigenvalue weighted by atomic mass is 9.86. The van der Waals surface area contributed by atoms with E-state index in [0.717, 1.165) is 24.9 Å². The largest absolute Gasteiger partial charge is 0.385 e. The van der Waals surface area contributed by atoms with Gasteiger partial charge in [0.2, 0.25) is 0 Å². The molecule has 94 valence electrons. The van der Waals surface area contributed by atoms with Gasteiger partial charge in [-0.15, -0.1) is 0 Å². The summed E-state index contributed by atoms with van der Waals surface area (Å²) in [5.74, 6) is 0. The number of halogens is 1. The van der Waals surface area contributed by atoms with E-state index >= 15 is 0 Å². The molecule has 1 saturated heterocycles. The average molecular weight is 254 g/mol. The first-order valence-electron chi connectivity index (χ1n) is 6.30. The Morgan fingerprint density at radius 2 is 2.06 bits per heavy atom. The highest BCUT2D eigenvalue weighted by atomic mass is 35.5. The molecule has 2 atom stereocenters. The molecule has 0 aromatic heterocycles. The first-order valence-corrected chi connectivity index (χ1v) is 6.67. The Bertz CT molecular complexity index is 355. The fourth-order valence-corrected chi connectivity index (χ4v) is 2.63. The zero-order valence-electron chi connectivity index (χ0n) is 10.2. The van der Waals surface area contributed by atoms with Crippen molar-refractivity contribution in [3.63, 3.8) is 0 Å².